The molecule has 0 aliphatic heterocycles. The van der Waals surface area contributed by atoms with Crippen molar-refractivity contribution in [2.75, 3.05) is 0 Å². The second kappa shape index (κ2) is 13.0. The largest absolute Gasteiger partial charge is 0.514 e. The molecule has 3 nitrogen and oxygen atoms in total. The molecule has 28 heavy (non-hydrogen) atoms. The normalized spacial score (nSPS) is 11.8. The molecule has 0 saturated carbocycles. The molecule has 0 saturated heterocycles. The third-order valence-electron chi connectivity index (χ3n) is 4.95. The van der Waals surface area contributed by atoms with Crippen LogP contribution in [0, 0.1) is 0 Å². The number of rotatable bonds is 12. The fourth-order valence-electron chi connectivity index (χ4n) is 3.32. The summed E-state index contributed by atoms with van der Waals surface area (Å²) in [5.74, 6) is 0.612. The molecule has 2 aromatic rings. The van der Waals surface area contributed by atoms with E-state index in [9.17, 15) is 4.79 Å². The van der Waals surface area contributed by atoms with Crippen molar-refractivity contribution in [3.63, 3.8) is 0 Å². The number of unbranched alkanes of at least 4 members (excludes halogenated alkanes) is 5. The van der Waals surface area contributed by atoms with Crippen LogP contribution >= 0.6 is 0 Å². The van der Waals surface area contributed by atoms with Crippen molar-refractivity contribution < 1.29 is 14.3 Å². The fourth-order valence-corrected chi connectivity index (χ4v) is 3.32. The van der Waals surface area contributed by atoms with Crippen molar-refractivity contribution in [1.82, 2.24) is 0 Å². The average Bonchev–Trinajstić information content (AvgIpc) is 2.72. The van der Waals surface area contributed by atoms with Gasteiger partial charge in [-0.3, -0.25) is 0 Å². The number of para-hydroxylation sites is 1. The lowest BCUT2D eigenvalue weighted by atomic mass is 10.0. The third kappa shape index (κ3) is 7.75. The van der Waals surface area contributed by atoms with E-state index in [-0.39, 0.29) is 6.10 Å². The maximum absolute atomic E-state index is 12.5. The van der Waals surface area contributed by atoms with Crippen molar-refractivity contribution in [1.29, 1.82) is 0 Å². The lowest BCUT2D eigenvalue weighted by molar-refractivity contribution is 0.0525. The molecular formula is C25H34O3. The number of hydrogen-bond donors (Lipinski definition) is 0. The third-order valence-corrected chi connectivity index (χ3v) is 4.95. The Labute approximate surface area is 170 Å². The zero-order valence-corrected chi connectivity index (χ0v) is 17.4. The highest BCUT2D eigenvalue weighted by atomic mass is 16.7. The van der Waals surface area contributed by atoms with Gasteiger partial charge in [-0.05, 0) is 42.9 Å². The topological polar surface area (TPSA) is 35.5 Å². The zero-order valence-electron chi connectivity index (χ0n) is 17.4. The van der Waals surface area contributed by atoms with Crippen LogP contribution in [0.4, 0.5) is 4.79 Å². The van der Waals surface area contributed by atoms with Gasteiger partial charge in [0.2, 0.25) is 0 Å². The minimum absolute atomic E-state index is 0.266. The van der Waals surface area contributed by atoms with E-state index in [0.29, 0.717) is 5.75 Å². The van der Waals surface area contributed by atoms with Gasteiger partial charge in [0, 0.05) is 0 Å². The van der Waals surface area contributed by atoms with Crippen LogP contribution in [0.3, 0.4) is 0 Å². The smallest absolute Gasteiger partial charge is 0.426 e. The van der Waals surface area contributed by atoms with E-state index in [4.69, 9.17) is 9.47 Å². The second-order valence-electron chi connectivity index (χ2n) is 7.28. The van der Waals surface area contributed by atoms with Gasteiger partial charge in [0.15, 0.2) is 0 Å². The summed E-state index contributed by atoms with van der Waals surface area (Å²) in [5, 5.41) is 0. The van der Waals surface area contributed by atoms with Crippen LogP contribution < -0.4 is 4.74 Å². The molecular weight excluding hydrogens is 348 g/mol. The van der Waals surface area contributed by atoms with Crippen molar-refractivity contribution in [3.05, 3.63) is 65.7 Å². The molecule has 0 aliphatic rings. The van der Waals surface area contributed by atoms with Gasteiger partial charge in [-0.2, -0.15) is 0 Å². The first-order valence-corrected chi connectivity index (χ1v) is 10.8. The summed E-state index contributed by atoms with van der Waals surface area (Å²) in [6.45, 7) is 4.38. The predicted octanol–water partition coefficient (Wildman–Crippen LogP) is 7.65. The molecule has 2 aromatic carbocycles. The first-order chi connectivity index (χ1) is 13.7. The van der Waals surface area contributed by atoms with Gasteiger partial charge < -0.3 is 9.47 Å². The van der Waals surface area contributed by atoms with Crippen molar-refractivity contribution in [2.45, 2.75) is 77.7 Å². The minimum Gasteiger partial charge on any atom is -0.426 e. The van der Waals surface area contributed by atoms with Crippen molar-refractivity contribution in [2.24, 2.45) is 0 Å². The maximum Gasteiger partial charge on any atom is 0.514 e. The number of benzene rings is 2. The van der Waals surface area contributed by atoms with Gasteiger partial charge in [-0.25, -0.2) is 4.79 Å². The highest BCUT2D eigenvalue weighted by Crippen LogP contribution is 2.26. The SMILES string of the molecule is CCCCCCC(OC(=O)Oc1ccccc1CCCCC)c1ccccc1. The summed E-state index contributed by atoms with van der Waals surface area (Å²) < 4.78 is 11.3. The molecule has 3 heteroatoms. The number of carbonyl (C=O) groups is 1. The summed E-state index contributed by atoms with van der Waals surface area (Å²) in [6, 6.07) is 17.7. The van der Waals surface area contributed by atoms with E-state index in [2.05, 4.69) is 13.8 Å². The molecule has 1 atom stereocenters. The van der Waals surface area contributed by atoms with Gasteiger partial charge in [0.1, 0.15) is 11.9 Å². The minimum atomic E-state index is -0.618. The van der Waals surface area contributed by atoms with Crippen LogP contribution in [0.5, 0.6) is 5.75 Å². The molecule has 0 N–H and O–H groups in total. The van der Waals surface area contributed by atoms with Crippen LogP contribution in [0.2, 0.25) is 0 Å². The summed E-state index contributed by atoms with van der Waals surface area (Å²) in [4.78, 5) is 12.5. The second-order valence-corrected chi connectivity index (χ2v) is 7.28. The molecule has 0 aromatic heterocycles. The van der Waals surface area contributed by atoms with E-state index in [1.54, 1.807) is 0 Å². The Kier molecular flexibility index (Phi) is 10.2. The number of aryl methyl sites for hydroxylation is 1. The quantitative estimate of drug-likeness (QED) is 0.215. The molecule has 0 spiro atoms. The van der Waals surface area contributed by atoms with Gasteiger partial charge >= 0.3 is 6.16 Å². The maximum atomic E-state index is 12.5. The zero-order chi connectivity index (χ0) is 20.0. The van der Waals surface area contributed by atoms with Crippen LogP contribution in [-0.2, 0) is 11.2 Å². The van der Waals surface area contributed by atoms with Gasteiger partial charge in [0.25, 0.3) is 0 Å². The van der Waals surface area contributed by atoms with Gasteiger partial charge in [-0.15, -0.1) is 0 Å². The summed E-state index contributed by atoms with van der Waals surface area (Å²) in [7, 11) is 0. The Balaban J connectivity index is 1.99. The van der Waals surface area contributed by atoms with Crippen LogP contribution in [0.15, 0.2) is 54.6 Å². The van der Waals surface area contributed by atoms with Crippen LogP contribution in [-0.4, -0.2) is 6.16 Å². The number of hydrogen-bond acceptors (Lipinski definition) is 3. The molecule has 0 heterocycles. The molecule has 2 rings (SSSR count). The van der Waals surface area contributed by atoms with E-state index in [1.807, 2.05) is 54.6 Å². The molecule has 0 radical (unpaired) electrons. The number of ether oxygens (including phenoxy) is 2. The first kappa shape index (κ1) is 22.0. The average molecular weight is 383 g/mol. The number of carbonyl (C=O) groups excluding carboxylic acids is 1. The van der Waals surface area contributed by atoms with E-state index in [1.165, 1.54) is 25.7 Å². The Morgan fingerprint density at radius 1 is 0.821 bits per heavy atom. The fraction of sp³-hybridized carbons (Fsp3) is 0.480. The van der Waals surface area contributed by atoms with Gasteiger partial charge in [0.05, 0.1) is 0 Å². The highest BCUT2D eigenvalue weighted by molar-refractivity contribution is 5.65. The first-order valence-electron chi connectivity index (χ1n) is 10.8. The Morgan fingerprint density at radius 3 is 2.25 bits per heavy atom. The summed E-state index contributed by atoms with van der Waals surface area (Å²) in [5.41, 5.74) is 2.08. The van der Waals surface area contributed by atoms with Crippen molar-refractivity contribution in [3.8, 4) is 5.75 Å². The Bertz CT molecular complexity index is 681. The molecule has 152 valence electrons. The van der Waals surface area contributed by atoms with Crippen LogP contribution in [0.25, 0.3) is 0 Å². The highest BCUT2D eigenvalue weighted by Gasteiger charge is 2.19. The Morgan fingerprint density at radius 2 is 1.50 bits per heavy atom. The molecule has 0 aliphatic carbocycles. The molecule has 0 bridgehead atoms. The molecule has 0 fully saturated rings. The van der Waals surface area contributed by atoms with Crippen LogP contribution in [0.1, 0.15) is 82.4 Å². The molecule has 0 amide bonds. The van der Waals surface area contributed by atoms with E-state index >= 15 is 0 Å². The van der Waals surface area contributed by atoms with Gasteiger partial charge in [-0.1, -0.05) is 94.5 Å². The Hall–Kier alpha value is -2.29. The molecule has 1 unspecified atom stereocenters. The monoisotopic (exact) mass is 382 g/mol. The van der Waals surface area contributed by atoms with Crippen molar-refractivity contribution >= 4 is 6.16 Å². The lowest BCUT2D eigenvalue weighted by Crippen LogP contribution is -2.16. The summed E-state index contributed by atoms with van der Waals surface area (Å²) >= 11 is 0. The van der Waals surface area contributed by atoms with E-state index < -0.39 is 6.16 Å². The van der Waals surface area contributed by atoms with E-state index in [0.717, 1.165) is 43.2 Å². The summed E-state index contributed by atoms with van der Waals surface area (Å²) in [6.07, 6.45) is 8.86. The lowest BCUT2D eigenvalue weighted by Gasteiger charge is -2.18. The standard InChI is InChI=1S/C25H34O3/c1-3-5-7-12-19-23(22-16-10-8-11-17-22)27-25(26)28-24-20-14-13-18-21(24)15-9-6-4-2/h8,10-11,13-14,16-18,20,23H,3-7,9,12,15,19H2,1-2H3. The predicted molar refractivity (Wildman–Crippen MR) is 115 cm³/mol.